The van der Waals surface area contributed by atoms with E-state index >= 15 is 0 Å². The standard InChI is InChI=1S/C34H42ClN3O5Si.CH3.BrH.Mg/c1-34(2,39)18-25-19-41-31-28(20-42-30(25)31)43-33-37-32-27(38(33)21-40-15-16-44(3,4)5)17-26(35)29(36-32)24-13-11-23(12-14-24)22-9-7-6-8-10-22;;;/h6-14,17,25,28,30-31,39H,15-16,18-21H2,1-5H3;1H3;1H;/q;;;+1/p-1/t25?,28-,30-,31-;;;/m1.../s1. The van der Waals surface area contributed by atoms with Crippen LogP contribution in [-0.2, 0) is 20.9 Å². The summed E-state index contributed by atoms with van der Waals surface area (Å²) >= 11 is 10.4. The van der Waals surface area contributed by atoms with Gasteiger partial charge in [0.25, 0.3) is 0 Å². The number of ether oxygens (including phenoxy) is 4. The van der Waals surface area contributed by atoms with E-state index in [1.54, 1.807) is 0 Å². The maximum absolute atomic E-state index is 10.4. The molecule has 1 N–H and O–H groups in total. The molecule has 0 bridgehead atoms. The van der Waals surface area contributed by atoms with Gasteiger partial charge in [-0.15, -0.1) is 5.05 Å². The molecule has 6 rings (SSSR count). The lowest BCUT2D eigenvalue weighted by molar-refractivity contribution is 0.00397. The van der Waals surface area contributed by atoms with Crippen molar-refractivity contribution in [3.8, 4) is 28.4 Å². The van der Waals surface area contributed by atoms with Crippen LogP contribution in [0.5, 0.6) is 6.01 Å². The predicted octanol–water partition coefficient (Wildman–Crippen LogP) is 8.10. The van der Waals surface area contributed by atoms with Gasteiger partial charge < -0.3 is 36.9 Å². The highest BCUT2D eigenvalue weighted by Crippen LogP contribution is 2.38. The average Bonchev–Trinajstić information content (AvgIpc) is 3.69. The molecular weight excluding hydrogens is 710 g/mol. The Kier molecular flexibility index (Phi) is 12.5. The molecule has 2 aliphatic heterocycles. The smallest absolute Gasteiger partial charge is 0.456 e. The fourth-order valence-electron chi connectivity index (χ4n) is 6.00. The van der Waals surface area contributed by atoms with Gasteiger partial charge in [-0.2, -0.15) is 4.98 Å². The molecule has 0 amide bonds. The lowest BCUT2D eigenvalue weighted by Crippen LogP contribution is -2.35. The second kappa shape index (κ2) is 16.0. The summed E-state index contributed by atoms with van der Waals surface area (Å²) in [5.41, 5.74) is 4.32. The van der Waals surface area contributed by atoms with E-state index in [4.69, 9.17) is 40.5 Å². The van der Waals surface area contributed by atoms with Crippen molar-refractivity contribution in [2.24, 2.45) is 5.92 Å². The monoisotopic (exact) mass is 753 g/mol. The van der Waals surface area contributed by atoms with Crippen molar-refractivity contribution in [3.05, 3.63) is 65.7 Å². The highest BCUT2D eigenvalue weighted by Gasteiger charge is 2.50. The molecule has 0 aliphatic carbocycles. The van der Waals surface area contributed by atoms with Gasteiger partial charge in [-0.05, 0) is 43.5 Å². The maximum atomic E-state index is 10.4. The molecular formula is C35H45BrClMgN3O5Si. The van der Waals surface area contributed by atoms with Gasteiger partial charge in [0.15, 0.2) is 11.8 Å². The van der Waals surface area contributed by atoms with Crippen LogP contribution in [0.3, 0.4) is 0 Å². The molecule has 47 heavy (non-hydrogen) atoms. The zero-order valence-corrected chi connectivity index (χ0v) is 33.0. The van der Waals surface area contributed by atoms with Crippen molar-refractivity contribution in [1.82, 2.24) is 14.5 Å². The summed E-state index contributed by atoms with van der Waals surface area (Å²) in [5, 5.41) is 13.1. The minimum atomic E-state index is -1.26. The maximum Gasteiger partial charge on any atom is 0.465 e. The Bertz CT molecular complexity index is 1610. The zero-order chi connectivity index (χ0) is 33.8. The number of halogens is 2. The predicted molar refractivity (Wildman–Crippen MR) is 196 cm³/mol. The first-order valence-electron chi connectivity index (χ1n) is 16.4. The molecule has 250 valence electrons. The molecule has 0 spiro atoms. The van der Waals surface area contributed by atoms with E-state index in [1.807, 2.05) is 54.8 Å². The molecule has 2 aliphatic rings. The van der Waals surface area contributed by atoms with E-state index in [2.05, 4.69) is 61.8 Å². The zero-order valence-electron chi connectivity index (χ0n) is 28.2. The summed E-state index contributed by atoms with van der Waals surface area (Å²) in [7, 11) is -1.26. The summed E-state index contributed by atoms with van der Waals surface area (Å²) in [6.07, 6.45) is -0.110. The van der Waals surface area contributed by atoms with Crippen LogP contribution in [0.25, 0.3) is 33.5 Å². The normalized spacial score (nSPS) is 20.9. The molecule has 0 saturated carbocycles. The van der Waals surface area contributed by atoms with Crippen LogP contribution in [0.4, 0.5) is 0 Å². The summed E-state index contributed by atoms with van der Waals surface area (Å²) in [6.45, 7) is 12.5. The van der Waals surface area contributed by atoms with Crippen molar-refractivity contribution >= 4 is 61.9 Å². The van der Waals surface area contributed by atoms with E-state index in [1.165, 1.54) is 0 Å². The van der Waals surface area contributed by atoms with Gasteiger partial charge in [0.1, 0.15) is 12.8 Å². The van der Waals surface area contributed by atoms with Gasteiger partial charge in [0.05, 0.1) is 41.2 Å². The van der Waals surface area contributed by atoms with Crippen molar-refractivity contribution in [3.63, 3.8) is 0 Å². The third kappa shape index (κ3) is 9.58. The van der Waals surface area contributed by atoms with Gasteiger partial charge in [0.2, 0.25) is 0 Å². The molecule has 12 heteroatoms. The quantitative estimate of drug-likeness (QED) is 0.122. The van der Waals surface area contributed by atoms with Crippen LogP contribution in [0, 0.1) is 5.92 Å². The minimum Gasteiger partial charge on any atom is -0.456 e. The number of pyridine rings is 1. The Balaban J connectivity index is 0.00000139. The molecule has 4 atom stereocenters. The minimum absolute atomic E-state index is 0.105. The summed E-state index contributed by atoms with van der Waals surface area (Å²) in [4.78, 5) is 9.74. The molecule has 1 unspecified atom stereocenters. The van der Waals surface area contributed by atoms with Gasteiger partial charge in [-0.3, -0.25) is 4.57 Å². The lowest BCUT2D eigenvalue weighted by Gasteiger charge is -2.24. The number of fused-ring (bicyclic) bond motifs is 2. The first-order chi connectivity index (χ1) is 22.4. The molecule has 8 nitrogen and oxygen atoms in total. The van der Waals surface area contributed by atoms with Crippen LogP contribution in [0.1, 0.15) is 20.3 Å². The molecule has 4 aromatic rings. The first kappa shape index (κ1) is 36.7. The van der Waals surface area contributed by atoms with Crippen LogP contribution < -0.4 is 4.74 Å². The second-order valence-electron chi connectivity index (χ2n) is 14.1. The Morgan fingerprint density at radius 2 is 1.64 bits per heavy atom. The van der Waals surface area contributed by atoms with Gasteiger partial charge >= 0.3 is 24.2 Å². The number of nitrogens with zero attached hydrogens (tertiary/aromatic N) is 3. The van der Waals surface area contributed by atoms with E-state index in [-0.39, 0.29) is 49.2 Å². The van der Waals surface area contributed by atoms with Crippen molar-refractivity contribution in [1.29, 1.82) is 0 Å². The summed E-state index contributed by atoms with van der Waals surface area (Å²) < 4.78 is 26.9. The van der Waals surface area contributed by atoms with E-state index in [0.29, 0.717) is 48.6 Å². The molecule has 2 fully saturated rings. The Hall–Kier alpha value is -1.55. The topological polar surface area (TPSA) is 87.9 Å². The highest BCUT2D eigenvalue weighted by atomic mass is 79.9. The average molecular weight is 756 g/mol. The van der Waals surface area contributed by atoms with Crippen LogP contribution in [0.15, 0.2) is 60.7 Å². The number of benzene rings is 2. The van der Waals surface area contributed by atoms with Crippen LogP contribution >= 0.6 is 24.5 Å². The van der Waals surface area contributed by atoms with Crippen LogP contribution in [0.2, 0.25) is 35.8 Å². The highest BCUT2D eigenvalue weighted by molar-refractivity contribution is 9.23. The lowest BCUT2D eigenvalue weighted by atomic mass is 9.89. The number of imidazole rings is 1. The summed E-state index contributed by atoms with van der Waals surface area (Å²) in [6, 6.07) is 21.8. The van der Waals surface area contributed by atoms with Crippen molar-refractivity contribution in [2.45, 2.75) is 81.7 Å². The second-order valence-corrected chi connectivity index (χ2v) is 24.0. The number of aliphatic hydroxyl groups is 1. The largest absolute Gasteiger partial charge is 0.465 e. The molecule has 0 radical (unpaired) electrons. The fraction of sp³-hybridized carbons (Fsp3) is 0.486. The Morgan fingerprint density at radius 3 is 2.30 bits per heavy atom. The summed E-state index contributed by atoms with van der Waals surface area (Å²) in [5.74, 6) is 0.105. The number of hydrogen-bond donors (Lipinski definition) is 1. The van der Waals surface area contributed by atoms with E-state index in [0.717, 1.165) is 28.3 Å². The molecule has 2 saturated heterocycles. The number of aromatic nitrogens is 3. The third-order valence-corrected chi connectivity index (χ3v) is 10.3. The molecule has 2 aromatic heterocycles. The van der Waals surface area contributed by atoms with Gasteiger partial charge in [0, 0.05) is 26.2 Å². The van der Waals surface area contributed by atoms with Gasteiger partial charge in [-0.25, -0.2) is 4.98 Å². The van der Waals surface area contributed by atoms with E-state index < -0.39 is 13.7 Å². The van der Waals surface area contributed by atoms with Gasteiger partial charge in [-0.1, -0.05) is 85.8 Å². The molecule has 4 heterocycles. The molecule has 2 aromatic carbocycles. The van der Waals surface area contributed by atoms with E-state index in [9.17, 15) is 5.11 Å². The third-order valence-electron chi connectivity index (χ3n) is 8.27. The fourth-order valence-corrected chi connectivity index (χ4v) is 7.01. The SMILES string of the molecule is CC(C)(O)CC1CO[C@H]2[C@@H]1OC[C@H]2Oc1nc2nc(-c3ccc(-c4ccccc4)cc3)c(Cl)cc2n1COCC[Si](C)(C)C.[CH3][Mg][Br]. The Morgan fingerprint density at radius 1 is 1.00 bits per heavy atom. The van der Waals surface area contributed by atoms with Crippen molar-refractivity contribution in [2.75, 3.05) is 19.8 Å². The first-order valence-corrected chi connectivity index (χ1v) is 25.8. The van der Waals surface area contributed by atoms with Crippen LogP contribution in [-0.4, -0.2) is 89.6 Å². The van der Waals surface area contributed by atoms with Crippen molar-refractivity contribution < 1.29 is 24.1 Å². The Labute approximate surface area is 300 Å². The number of hydrogen-bond acceptors (Lipinski definition) is 7. The number of rotatable bonds is 11.